The first-order valence-corrected chi connectivity index (χ1v) is 5.99. The normalized spacial score (nSPS) is 10.4. The minimum Gasteiger partial charge on any atom is -0.450 e. The predicted octanol–water partition coefficient (Wildman–Crippen LogP) is 3.77. The Labute approximate surface area is 110 Å². The maximum atomic E-state index is 11.5. The molecule has 94 valence electrons. The number of pyridine rings is 1. The van der Waals surface area contributed by atoms with E-state index in [0.29, 0.717) is 17.3 Å². The monoisotopic (exact) mass is 264 g/mol. The number of carbonyl (C=O) groups is 1. The van der Waals surface area contributed by atoms with Gasteiger partial charge >= 0.3 is 6.09 Å². The van der Waals surface area contributed by atoms with Gasteiger partial charge in [0, 0.05) is 11.6 Å². The van der Waals surface area contributed by atoms with Gasteiger partial charge in [0.2, 0.25) is 0 Å². The average molecular weight is 265 g/mol. The molecule has 0 bridgehead atoms. The summed E-state index contributed by atoms with van der Waals surface area (Å²) < 4.78 is 4.85. The van der Waals surface area contributed by atoms with Gasteiger partial charge in [0.15, 0.2) is 0 Å². The van der Waals surface area contributed by atoms with Crippen molar-refractivity contribution in [1.82, 2.24) is 4.98 Å². The maximum Gasteiger partial charge on any atom is 0.411 e. The van der Waals surface area contributed by atoms with E-state index in [0.717, 1.165) is 16.5 Å². The number of nitrogens with one attached hydrogen (secondary N) is 1. The van der Waals surface area contributed by atoms with Gasteiger partial charge in [0.1, 0.15) is 0 Å². The van der Waals surface area contributed by atoms with Gasteiger partial charge in [-0.05, 0) is 37.6 Å². The molecule has 1 amide bonds. The number of anilines is 1. The van der Waals surface area contributed by atoms with E-state index in [9.17, 15) is 4.79 Å². The molecule has 1 aromatic carbocycles. The van der Waals surface area contributed by atoms with Crippen molar-refractivity contribution < 1.29 is 9.53 Å². The molecule has 0 saturated carbocycles. The molecule has 0 aliphatic carbocycles. The summed E-state index contributed by atoms with van der Waals surface area (Å²) in [6.07, 6.45) is 1.19. The van der Waals surface area contributed by atoms with Gasteiger partial charge in [-0.1, -0.05) is 11.6 Å². The average Bonchev–Trinajstić information content (AvgIpc) is 2.35. The molecule has 0 saturated heterocycles. The van der Waals surface area contributed by atoms with Crippen molar-refractivity contribution in [3.63, 3.8) is 0 Å². The molecule has 5 heteroatoms. The largest absolute Gasteiger partial charge is 0.450 e. The highest BCUT2D eigenvalue weighted by atomic mass is 35.5. The fourth-order valence-corrected chi connectivity index (χ4v) is 2.09. The SMILES string of the molecule is CCOC(=O)Nc1c(Cl)cc(C)c2ncccc12. The third kappa shape index (κ3) is 2.38. The number of halogens is 1. The van der Waals surface area contributed by atoms with Gasteiger partial charge < -0.3 is 4.74 Å². The lowest BCUT2D eigenvalue weighted by atomic mass is 10.1. The van der Waals surface area contributed by atoms with E-state index in [2.05, 4.69) is 10.3 Å². The van der Waals surface area contributed by atoms with Crippen molar-refractivity contribution in [3.8, 4) is 0 Å². The third-order valence-corrected chi connectivity index (χ3v) is 2.83. The molecule has 4 nitrogen and oxygen atoms in total. The number of fused-ring (bicyclic) bond motifs is 1. The lowest BCUT2D eigenvalue weighted by Crippen LogP contribution is -2.14. The summed E-state index contributed by atoms with van der Waals surface area (Å²) in [4.78, 5) is 15.8. The Morgan fingerprint density at radius 3 is 3.06 bits per heavy atom. The first kappa shape index (κ1) is 12.6. The molecular weight excluding hydrogens is 252 g/mol. The Morgan fingerprint density at radius 1 is 1.56 bits per heavy atom. The number of nitrogens with zero attached hydrogens (tertiary/aromatic N) is 1. The lowest BCUT2D eigenvalue weighted by molar-refractivity contribution is 0.168. The number of ether oxygens (including phenoxy) is 1. The van der Waals surface area contributed by atoms with E-state index in [1.165, 1.54) is 0 Å². The summed E-state index contributed by atoms with van der Waals surface area (Å²) in [5, 5.41) is 3.92. The first-order valence-electron chi connectivity index (χ1n) is 5.61. The van der Waals surface area contributed by atoms with Crippen molar-refractivity contribution >= 4 is 34.3 Å². The van der Waals surface area contributed by atoms with Crippen LogP contribution >= 0.6 is 11.6 Å². The standard InChI is InChI=1S/C13H13ClN2O2/c1-3-18-13(17)16-12-9-5-4-6-15-11(9)8(2)7-10(12)14/h4-7H,3H2,1-2H3,(H,16,17). The minimum absolute atomic E-state index is 0.311. The second kappa shape index (κ2) is 5.23. The lowest BCUT2D eigenvalue weighted by Gasteiger charge is -2.11. The molecule has 18 heavy (non-hydrogen) atoms. The summed E-state index contributed by atoms with van der Waals surface area (Å²) >= 11 is 6.15. The highest BCUT2D eigenvalue weighted by Crippen LogP contribution is 2.32. The zero-order valence-corrected chi connectivity index (χ0v) is 10.9. The summed E-state index contributed by atoms with van der Waals surface area (Å²) in [6.45, 7) is 3.98. The van der Waals surface area contributed by atoms with Gasteiger partial charge in [-0.2, -0.15) is 0 Å². The Kier molecular flexibility index (Phi) is 3.67. The molecule has 0 unspecified atom stereocenters. The molecule has 2 rings (SSSR count). The van der Waals surface area contributed by atoms with Crippen LogP contribution in [0.25, 0.3) is 10.9 Å². The molecule has 0 spiro atoms. The van der Waals surface area contributed by atoms with Crippen molar-refractivity contribution in [1.29, 1.82) is 0 Å². The number of amides is 1. The number of benzene rings is 1. The Balaban J connectivity index is 2.52. The van der Waals surface area contributed by atoms with Crippen LogP contribution in [-0.2, 0) is 4.74 Å². The molecule has 0 atom stereocenters. The van der Waals surface area contributed by atoms with E-state index in [1.54, 1.807) is 25.3 Å². The van der Waals surface area contributed by atoms with Crippen molar-refractivity contribution in [2.75, 3.05) is 11.9 Å². The number of aromatic nitrogens is 1. The number of hydrogen-bond acceptors (Lipinski definition) is 3. The van der Waals surface area contributed by atoms with Crippen molar-refractivity contribution in [2.45, 2.75) is 13.8 Å². The van der Waals surface area contributed by atoms with Crippen LogP contribution in [0.1, 0.15) is 12.5 Å². The van der Waals surface area contributed by atoms with E-state index >= 15 is 0 Å². The Morgan fingerprint density at radius 2 is 2.33 bits per heavy atom. The van der Waals surface area contributed by atoms with Crippen LogP contribution in [0.15, 0.2) is 24.4 Å². The molecule has 2 aromatic rings. The van der Waals surface area contributed by atoms with Crippen LogP contribution in [0.3, 0.4) is 0 Å². The van der Waals surface area contributed by atoms with Crippen LogP contribution in [-0.4, -0.2) is 17.7 Å². The van der Waals surface area contributed by atoms with Crippen LogP contribution in [0.5, 0.6) is 0 Å². The molecule has 0 aliphatic heterocycles. The van der Waals surface area contributed by atoms with E-state index < -0.39 is 6.09 Å². The van der Waals surface area contributed by atoms with E-state index in [4.69, 9.17) is 16.3 Å². The Bertz CT molecular complexity index is 599. The fourth-order valence-electron chi connectivity index (χ4n) is 1.78. The fraction of sp³-hybridized carbons (Fsp3) is 0.231. The number of hydrogen-bond donors (Lipinski definition) is 1. The summed E-state index contributed by atoms with van der Waals surface area (Å²) in [5.74, 6) is 0. The smallest absolute Gasteiger partial charge is 0.411 e. The molecule has 0 radical (unpaired) electrons. The summed E-state index contributed by atoms with van der Waals surface area (Å²) in [5.41, 5.74) is 2.31. The van der Waals surface area contributed by atoms with E-state index in [-0.39, 0.29) is 0 Å². The minimum atomic E-state index is -0.520. The highest BCUT2D eigenvalue weighted by molar-refractivity contribution is 6.35. The first-order chi connectivity index (χ1) is 8.63. The van der Waals surface area contributed by atoms with Gasteiger partial charge in [0.05, 0.1) is 22.8 Å². The topological polar surface area (TPSA) is 51.2 Å². The molecule has 1 aromatic heterocycles. The second-order valence-corrected chi connectivity index (χ2v) is 4.20. The van der Waals surface area contributed by atoms with Gasteiger partial charge in [-0.15, -0.1) is 0 Å². The van der Waals surface area contributed by atoms with Crippen molar-refractivity contribution in [3.05, 3.63) is 35.0 Å². The van der Waals surface area contributed by atoms with Crippen LogP contribution in [0.4, 0.5) is 10.5 Å². The van der Waals surface area contributed by atoms with Crippen LogP contribution in [0.2, 0.25) is 5.02 Å². The molecule has 1 heterocycles. The summed E-state index contributed by atoms with van der Waals surface area (Å²) in [7, 11) is 0. The van der Waals surface area contributed by atoms with E-state index in [1.807, 2.05) is 13.0 Å². The third-order valence-electron chi connectivity index (χ3n) is 2.54. The van der Waals surface area contributed by atoms with Gasteiger partial charge in [0.25, 0.3) is 0 Å². The quantitative estimate of drug-likeness (QED) is 0.898. The van der Waals surface area contributed by atoms with Crippen LogP contribution < -0.4 is 5.32 Å². The number of carbonyl (C=O) groups excluding carboxylic acids is 1. The highest BCUT2D eigenvalue weighted by Gasteiger charge is 2.12. The van der Waals surface area contributed by atoms with Gasteiger partial charge in [-0.3, -0.25) is 10.3 Å². The zero-order chi connectivity index (χ0) is 13.1. The number of aryl methyl sites for hydroxylation is 1. The molecule has 0 fully saturated rings. The molecule has 1 N–H and O–H groups in total. The maximum absolute atomic E-state index is 11.5. The number of rotatable bonds is 2. The zero-order valence-electron chi connectivity index (χ0n) is 10.2. The second-order valence-electron chi connectivity index (χ2n) is 3.80. The van der Waals surface area contributed by atoms with Crippen LogP contribution in [0, 0.1) is 6.92 Å². The molecule has 0 aliphatic rings. The predicted molar refractivity (Wildman–Crippen MR) is 72.1 cm³/mol. The molecular formula is C13H13ClN2O2. The Hall–Kier alpha value is -1.81. The summed E-state index contributed by atoms with van der Waals surface area (Å²) in [6, 6.07) is 5.44. The van der Waals surface area contributed by atoms with Gasteiger partial charge in [-0.25, -0.2) is 4.79 Å². The van der Waals surface area contributed by atoms with Crippen molar-refractivity contribution in [2.24, 2.45) is 0 Å².